The highest BCUT2D eigenvalue weighted by Gasteiger charge is 2.20. The standard InChI is InChI=1S/C19H20ClIN4O2S/c1-12-18(21)22-24-25(12)17-11-14(20)7-10-16(17)23-28(26,27)15-8-5-13(6-9-15)19(2,3)4/h5-11,23H,1-4H3. The number of halogens is 2. The molecule has 28 heavy (non-hydrogen) atoms. The van der Waals surface area contributed by atoms with Crippen LogP contribution in [0.1, 0.15) is 32.0 Å². The molecular weight excluding hydrogens is 511 g/mol. The molecule has 0 spiro atoms. The summed E-state index contributed by atoms with van der Waals surface area (Å²) in [6.07, 6.45) is 0. The Labute approximate surface area is 183 Å². The number of sulfonamides is 1. The summed E-state index contributed by atoms with van der Waals surface area (Å²) in [4.78, 5) is 0.186. The monoisotopic (exact) mass is 530 g/mol. The third kappa shape index (κ3) is 4.33. The number of rotatable bonds is 4. The van der Waals surface area contributed by atoms with E-state index in [9.17, 15) is 8.42 Å². The maximum Gasteiger partial charge on any atom is 0.261 e. The Morgan fingerprint density at radius 1 is 1.11 bits per heavy atom. The Morgan fingerprint density at radius 3 is 2.29 bits per heavy atom. The molecule has 0 aliphatic heterocycles. The van der Waals surface area contributed by atoms with Gasteiger partial charge in [0, 0.05) is 5.02 Å². The Morgan fingerprint density at radius 2 is 1.75 bits per heavy atom. The van der Waals surface area contributed by atoms with Crippen LogP contribution in [0.25, 0.3) is 5.69 Å². The highest BCUT2D eigenvalue weighted by Crippen LogP contribution is 2.29. The number of nitrogens with zero attached hydrogens (tertiary/aromatic N) is 3. The molecule has 1 heterocycles. The zero-order chi connectivity index (χ0) is 20.7. The van der Waals surface area contributed by atoms with Crippen molar-refractivity contribution in [1.82, 2.24) is 15.0 Å². The first-order chi connectivity index (χ1) is 13.0. The molecule has 3 aromatic rings. The highest BCUT2D eigenvalue weighted by atomic mass is 127. The van der Waals surface area contributed by atoms with Crippen LogP contribution in [0.3, 0.4) is 0 Å². The number of anilines is 1. The van der Waals surface area contributed by atoms with Crippen molar-refractivity contribution >= 4 is 49.9 Å². The second kappa shape index (κ2) is 7.64. The first-order valence-electron chi connectivity index (χ1n) is 8.50. The van der Waals surface area contributed by atoms with Gasteiger partial charge in [0.2, 0.25) is 0 Å². The lowest BCUT2D eigenvalue weighted by Crippen LogP contribution is -2.16. The van der Waals surface area contributed by atoms with Gasteiger partial charge in [-0.2, -0.15) is 0 Å². The number of benzene rings is 2. The topological polar surface area (TPSA) is 76.9 Å². The average Bonchev–Trinajstić information content (AvgIpc) is 2.95. The molecule has 0 bridgehead atoms. The van der Waals surface area contributed by atoms with Gasteiger partial charge in [-0.15, -0.1) is 5.10 Å². The lowest BCUT2D eigenvalue weighted by atomic mass is 9.87. The van der Waals surface area contributed by atoms with Crippen LogP contribution >= 0.6 is 34.2 Å². The summed E-state index contributed by atoms with van der Waals surface area (Å²) in [6.45, 7) is 8.09. The van der Waals surface area contributed by atoms with Crippen LogP contribution in [0.15, 0.2) is 47.4 Å². The summed E-state index contributed by atoms with van der Waals surface area (Å²) in [5, 5.41) is 8.59. The van der Waals surface area contributed by atoms with Crippen molar-refractivity contribution in [2.45, 2.75) is 38.0 Å². The predicted molar refractivity (Wildman–Crippen MR) is 120 cm³/mol. The second-order valence-corrected chi connectivity index (χ2v) is 10.6. The lowest BCUT2D eigenvalue weighted by Gasteiger charge is -2.19. The molecule has 0 saturated carbocycles. The van der Waals surface area contributed by atoms with E-state index in [1.54, 1.807) is 35.0 Å². The van der Waals surface area contributed by atoms with Gasteiger partial charge in [0.25, 0.3) is 10.0 Å². The quantitative estimate of drug-likeness (QED) is 0.485. The molecule has 3 rings (SSSR count). The van der Waals surface area contributed by atoms with Gasteiger partial charge in [-0.3, -0.25) is 4.72 Å². The van der Waals surface area contributed by atoms with Crippen LogP contribution in [0.2, 0.25) is 5.02 Å². The van der Waals surface area contributed by atoms with Gasteiger partial charge in [0.15, 0.2) is 0 Å². The summed E-state index contributed by atoms with van der Waals surface area (Å²) in [5.74, 6) is 0. The van der Waals surface area contributed by atoms with Gasteiger partial charge in [-0.05, 0) is 70.8 Å². The summed E-state index contributed by atoms with van der Waals surface area (Å²) in [6, 6.07) is 11.8. The molecule has 0 amide bonds. The van der Waals surface area contributed by atoms with E-state index in [4.69, 9.17) is 11.6 Å². The zero-order valence-corrected chi connectivity index (χ0v) is 19.6. The normalized spacial score (nSPS) is 12.2. The van der Waals surface area contributed by atoms with Crippen molar-refractivity contribution in [3.05, 3.63) is 62.4 Å². The predicted octanol–water partition coefficient (Wildman–Crippen LogP) is 4.93. The smallest absolute Gasteiger partial charge is 0.261 e. The van der Waals surface area contributed by atoms with Gasteiger partial charge >= 0.3 is 0 Å². The number of hydrogen-bond acceptors (Lipinski definition) is 4. The molecular formula is C19H20ClIN4O2S. The Balaban J connectivity index is 2.00. The van der Waals surface area contributed by atoms with E-state index >= 15 is 0 Å². The zero-order valence-electron chi connectivity index (χ0n) is 15.9. The Kier molecular flexibility index (Phi) is 5.75. The minimum absolute atomic E-state index is 0.0547. The van der Waals surface area contributed by atoms with Crippen molar-refractivity contribution in [2.75, 3.05) is 4.72 Å². The van der Waals surface area contributed by atoms with E-state index in [0.717, 1.165) is 15.0 Å². The minimum atomic E-state index is -3.78. The minimum Gasteiger partial charge on any atom is -0.277 e. The molecule has 6 nitrogen and oxygen atoms in total. The third-order valence-electron chi connectivity index (χ3n) is 4.30. The summed E-state index contributed by atoms with van der Waals surface area (Å²) < 4.78 is 30.8. The van der Waals surface area contributed by atoms with E-state index < -0.39 is 10.0 Å². The molecule has 0 unspecified atom stereocenters. The molecule has 0 saturated heterocycles. The number of hydrogen-bond donors (Lipinski definition) is 1. The van der Waals surface area contributed by atoms with E-state index in [-0.39, 0.29) is 10.3 Å². The van der Waals surface area contributed by atoms with E-state index in [2.05, 4.69) is 58.4 Å². The van der Waals surface area contributed by atoms with Crippen molar-refractivity contribution < 1.29 is 8.42 Å². The first kappa shape index (κ1) is 21.1. The van der Waals surface area contributed by atoms with E-state index in [0.29, 0.717) is 16.4 Å². The maximum atomic E-state index is 12.9. The van der Waals surface area contributed by atoms with E-state index in [1.807, 2.05) is 19.1 Å². The van der Waals surface area contributed by atoms with Crippen LogP contribution < -0.4 is 4.72 Å². The van der Waals surface area contributed by atoms with Crippen LogP contribution in [-0.4, -0.2) is 23.4 Å². The Hall–Kier alpha value is -1.65. The van der Waals surface area contributed by atoms with Crippen LogP contribution in [-0.2, 0) is 15.4 Å². The molecule has 1 N–H and O–H groups in total. The fourth-order valence-electron chi connectivity index (χ4n) is 2.64. The van der Waals surface area contributed by atoms with E-state index in [1.165, 1.54) is 0 Å². The molecule has 0 aliphatic rings. The van der Waals surface area contributed by atoms with Gasteiger partial charge in [0.05, 0.1) is 22.0 Å². The van der Waals surface area contributed by atoms with Gasteiger partial charge in [-0.1, -0.05) is 49.7 Å². The van der Waals surface area contributed by atoms with Crippen LogP contribution in [0.5, 0.6) is 0 Å². The second-order valence-electron chi connectivity index (χ2n) is 7.42. The van der Waals surface area contributed by atoms with Crippen molar-refractivity contribution in [2.24, 2.45) is 0 Å². The van der Waals surface area contributed by atoms with Gasteiger partial charge in [-0.25, -0.2) is 13.1 Å². The van der Waals surface area contributed by atoms with Gasteiger partial charge < -0.3 is 0 Å². The van der Waals surface area contributed by atoms with Crippen LogP contribution in [0.4, 0.5) is 5.69 Å². The molecule has 9 heteroatoms. The summed E-state index contributed by atoms with van der Waals surface area (Å²) in [7, 11) is -3.78. The molecule has 1 aromatic heterocycles. The SMILES string of the molecule is Cc1c(I)nnn1-c1cc(Cl)ccc1NS(=O)(=O)c1ccc(C(C)(C)C)cc1. The molecule has 0 atom stereocenters. The average molecular weight is 531 g/mol. The molecule has 0 radical (unpaired) electrons. The number of aromatic nitrogens is 3. The number of nitrogens with one attached hydrogen (secondary N) is 1. The third-order valence-corrected chi connectivity index (χ3v) is 6.91. The maximum absolute atomic E-state index is 12.9. The molecule has 2 aromatic carbocycles. The highest BCUT2D eigenvalue weighted by molar-refractivity contribution is 14.1. The fraction of sp³-hybridized carbons (Fsp3) is 0.263. The van der Waals surface area contributed by atoms with Crippen molar-refractivity contribution in [1.29, 1.82) is 0 Å². The molecule has 0 fully saturated rings. The Bertz CT molecular complexity index is 1120. The largest absolute Gasteiger partial charge is 0.277 e. The fourth-order valence-corrected chi connectivity index (χ4v) is 4.21. The summed E-state index contributed by atoms with van der Waals surface area (Å²) >= 11 is 8.21. The van der Waals surface area contributed by atoms with Crippen LogP contribution in [0, 0.1) is 10.6 Å². The summed E-state index contributed by atoms with van der Waals surface area (Å²) in [5.41, 5.74) is 2.68. The van der Waals surface area contributed by atoms with Crippen molar-refractivity contribution in [3.8, 4) is 5.69 Å². The first-order valence-corrected chi connectivity index (χ1v) is 11.4. The lowest BCUT2D eigenvalue weighted by molar-refractivity contribution is 0.587. The molecule has 148 valence electrons. The van der Waals surface area contributed by atoms with Gasteiger partial charge in [0.1, 0.15) is 3.70 Å². The molecule has 0 aliphatic carbocycles. The van der Waals surface area contributed by atoms with Crippen molar-refractivity contribution in [3.63, 3.8) is 0 Å².